The number of benzene rings is 3. The Morgan fingerprint density at radius 2 is 1.77 bits per heavy atom. The lowest BCUT2D eigenvalue weighted by Gasteiger charge is -2.39. The van der Waals surface area contributed by atoms with Crippen LogP contribution in [0.2, 0.25) is 0 Å². The van der Waals surface area contributed by atoms with Gasteiger partial charge in [-0.1, -0.05) is 48.5 Å². The largest absolute Gasteiger partial charge is 0.501 e. The SMILES string of the molecule is CN(C)C(=O)c1ccc2c(c1)CCN(c1nc(-c3nc4ccccc4o3)c(O)c(=O)n1C)[C@@H]2c1ccccc1. The highest BCUT2D eigenvalue weighted by molar-refractivity contribution is 5.94. The molecule has 3 heterocycles. The first-order chi connectivity index (χ1) is 18.8. The van der Waals surface area contributed by atoms with Crippen LogP contribution in [0.3, 0.4) is 0 Å². The van der Waals surface area contributed by atoms with Gasteiger partial charge in [-0.05, 0) is 47.4 Å². The van der Waals surface area contributed by atoms with Crippen molar-refractivity contribution in [2.24, 2.45) is 7.05 Å². The van der Waals surface area contributed by atoms with Gasteiger partial charge in [0.25, 0.3) is 17.4 Å². The van der Waals surface area contributed by atoms with Crippen molar-refractivity contribution < 1.29 is 14.3 Å². The number of fused-ring (bicyclic) bond motifs is 2. The summed E-state index contributed by atoms with van der Waals surface area (Å²) in [5.41, 5.74) is 4.27. The molecule has 1 aliphatic heterocycles. The van der Waals surface area contributed by atoms with E-state index in [2.05, 4.69) is 9.88 Å². The maximum absolute atomic E-state index is 13.2. The van der Waals surface area contributed by atoms with Crippen molar-refractivity contribution in [1.82, 2.24) is 19.4 Å². The summed E-state index contributed by atoms with van der Waals surface area (Å²) in [6, 6.07) is 22.7. The van der Waals surface area contributed by atoms with E-state index in [1.165, 1.54) is 4.57 Å². The topological polar surface area (TPSA) is 105 Å². The quantitative estimate of drug-likeness (QED) is 0.379. The predicted octanol–water partition coefficient (Wildman–Crippen LogP) is 4.15. The summed E-state index contributed by atoms with van der Waals surface area (Å²) in [7, 11) is 5.07. The van der Waals surface area contributed by atoms with E-state index in [1.54, 1.807) is 38.2 Å². The normalized spacial score (nSPS) is 14.8. The standard InChI is InChI=1S/C30H27N5O4/c1-33(2)28(37)20-13-14-21-19(17-20)15-16-35(25(21)18-9-5-4-6-10-18)30-32-24(26(36)29(38)34(30)3)27-31-22-11-7-8-12-23(22)39-27/h4-14,17,25,36H,15-16H2,1-3H3/t25-/m1/s1. The molecule has 2 aromatic heterocycles. The van der Waals surface area contributed by atoms with Gasteiger partial charge in [0.1, 0.15) is 5.52 Å². The average molecular weight is 522 g/mol. The number of hydrogen-bond acceptors (Lipinski definition) is 7. The second kappa shape index (κ2) is 9.43. The van der Waals surface area contributed by atoms with Gasteiger partial charge < -0.3 is 19.3 Å². The van der Waals surface area contributed by atoms with Crippen LogP contribution in [0, 0.1) is 0 Å². The Morgan fingerprint density at radius 3 is 2.51 bits per heavy atom. The van der Waals surface area contributed by atoms with Crippen LogP contribution in [0.1, 0.15) is 33.1 Å². The van der Waals surface area contributed by atoms with Crippen LogP contribution in [0.15, 0.2) is 82.0 Å². The van der Waals surface area contributed by atoms with Gasteiger partial charge in [0.05, 0.1) is 6.04 Å². The van der Waals surface area contributed by atoms with Gasteiger partial charge in [-0.3, -0.25) is 14.2 Å². The number of aromatic nitrogens is 3. The number of carbonyl (C=O) groups excluding carboxylic acids is 1. The van der Waals surface area contributed by atoms with Gasteiger partial charge in [-0.15, -0.1) is 0 Å². The zero-order valence-electron chi connectivity index (χ0n) is 21.8. The fourth-order valence-electron chi connectivity index (χ4n) is 5.19. The predicted molar refractivity (Wildman–Crippen MR) is 148 cm³/mol. The third-order valence-corrected chi connectivity index (χ3v) is 7.14. The molecule has 9 heteroatoms. The molecule has 1 amide bonds. The van der Waals surface area contributed by atoms with Crippen molar-refractivity contribution in [2.75, 3.05) is 25.5 Å². The molecule has 196 valence electrons. The highest BCUT2D eigenvalue weighted by Gasteiger charge is 2.33. The Bertz CT molecular complexity index is 1740. The zero-order chi connectivity index (χ0) is 27.3. The molecule has 0 unspecified atom stereocenters. The fraction of sp³-hybridized carbons (Fsp3) is 0.200. The first-order valence-electron chi connectivity index (χ1n) is 12.7. The van der Waals surface area contributed by atoms with Crippen molar-refractivity contribution in [3.05, 3.63) is 105 Å². The second-order valence-electron chi connectivity index (χ2n) is 9.83. The average Bonchev–Trinajstić information content (AvgIpc) is 3.39. The third kappa shape index (κ3) is 4.12. The van der Waals surface area contributed by atoms with E-state index < -0.39 is 11.3 Å². The number of hydrogen-bond donors (Lipinski definition) is 1. The summed E-state index contributed by atoms with van der Waals surface area (Å²) in [6.07, 6.45) is 0.641. The number of para-hydroxylation sites is 2. The smallest absolute Gasteiger partial charge is 0.297 e. The van der Waals surface area contributed by atoms with Gasteiger partial charge in [-0.2, -0.15) is 0 Å². The van der Waals surface area contributed by atoms with Crippen molar-refractivity contribution >= 4 is 23.0 Å². The van der Waals surface area contributed by atoms with E-state index in [0.29, 0.717) is 35.6 Å². The van der Waals surface area contributed by atoms with Crippen LogP contribution in [-0.4, -0.2) is 51.1 Å². The molecule has 0 fully saturated rings. The number of carbonyl (C=O) groups is 1. The molecule has 0 aliphatic carbocycles. The van der Waals surface area contributed by atoms with Crippen LogP contribution in [-0.2, 0) is 13.5 Å². The molecule has 1 aliphatic rings. The summed E-state index contributed by atoms with van der Waals surface area (Å²) in [4.78, 5) is 38.7. The fourth-order valence-corrected chi connectivity index (χ4v) is 5.19. The zero-order valence-corrected chi connectivity index (χ0v) is 21.8. The first kappa shape index (κ1) is 24.4. The summed E-state index contributed by atoms with van der Waals surface area (Å²) < 4.78 is 7.21. The van der Waals surface area contributed by atoms with Crippen LogP contribution < -0.4 is 10.5 Å². The second-order valence-corrected chi connectivity index (χ2v) is 9.83. The van der Waals surface area contributed by atoms with E-state index in [9.17, 15) is 14.7 Å². The molecular formula is C30H27N5O4. The lowest BCUT2D eigenvalue weighted by atomic mass is 9.87. The maximum Gasteiger partial charge on any atom is 0.297 e. The molecule has 1 N–H and O–H groups in total. The van der Waals surface area contributed by atoms with Crippen molar-refractivity contribution in [3.63, 3.8) is 0 Å². The highest BCUT2D eigenvalue weighted by Crippen LogP contribution is 2.39. The van der Waals surface area contributed by atoms with E-state index >= 15 is 0 Å². The summed E-state index contributed by atoms with van der Waals surface area (Å²) >= 11 is 0. The molecule has 0 radical (unpaired) electrons. The first-order valence-corrected chi connectivity index (χ1v) is 12.7. The molecular weight excluding hydrogens is 494 g/mol. The molecule has 5 aromatic rings. The molecule has 0 spiro atoms. The molecule has 6 rings (SSSR count). The molecule has 0 saturated heterocycles. The molecule has 9 nitrogen and oxygen atoms in total. The molecule has 0 bridgehead atoms. The number of nitrogens with zero attached hydrogens (tertiary/aromatic N) is 5. The van der Waals surface area contributed by atoms with Gasteiger partial charge >= 0.3 is 0 Å². The van der Waals surface area contributed by atoms with Crippen molar-refractivity contribution in [2.45, 2.75) is 12.5 Å². The summed E-state index contributed by atoms with van der Waals surface area (Å²) in [6.45, 7) is 0.532. The van der Waals surface area contributed by atoms with Gasteiger partial charge in [0.15, 0.2) is 11.3 Å². The van der Waals surface area contributed by atoms with Crippen LogP contribution in [0.25, 0.3) is 22.7 Å². The minimum atomic E-state index is -0.596. The minimum absolute atomic E-state index is 0.00571. The van der Waals surface area contributed by atoms with E-state index in [4.69, 9.17) is 9.40 Å². The van der Waals surface area contributed by atoms with Crippen molar-refractivity contribution in [3.8, 4) is 17.3 Å². The minimum Gasteiger partial charge on any atom is -0.501 e. The monoisotopic (exact) mass is 521 g/mol. The maximum atomic E-state index is 13.2. The Labute approximate surface area is 224 Å². The van der Waals surface area contributed by atoms with Crippen LogP contribution >= 0.6 is 0 Å². The highest BCUT2D eigenvalue weighted by atomic mass is 16.4. The summed E-state index contributed by atoms with van der Waals surface area (Å²) in [5, 5.41) is 10.8. The number of oxazole rings is 1. The number of aromatic hydroxyl groups is 1. The lowest BCUT2D eigenvalue weighted by Crippen LogP contribution is -2.40. The number of anilines is 1. The van der Waals surface area contributed by atoms with Gasteiger partial charge in [-0.25, -0.2) is 9.97 Å². The van der Waals surface area contributed by atoms with Crippen LogP contribution in [0.5, 0.6) is 5.75 Å². The molecule has 39 heavy (non-hydrogen) atoms. The van der Waals surface area contributed by atoms with Gasteiger partial charge in [0, 0.05) is 33.3 Å². The van der Waals surface area contributed by atoms with E-state index in [0.717, 1.165) is 16.7 Å². The van der Waals surface area contributed by atoms with Gasteiger partial charge in [0.2, 0.25) is 11.7 Å². The Hall–Kier alpha value is -4.92. The van der Waals surface area contributed by atoms with Crippen molar-refractivity contribution in [1.29, 1.82) is 0 Å². The Balaban J connectivity index is 1.52. The Morgan fingerprint density at radius 1 is 1.03 bits per heavy atom. The Kier molecular flexibility index (Phi) is 5.91. The molecule has 0 saturated carbocycles. The number of rotatable bonds is 4. The van der Waals surface area contributed by atoms with E-state index in [1.807, 2.05) is 60.7 Å². The lowest BCUT2D eigenvalue weighted by molar-refractivity contribution is 0.0827. The molecule has 1 atom stereocenters. The third-order valence-electron chi connectivity index (χ3n) is 7.14. The summed E-state index contributed by atoms with van der Waals surface area (Å²) in [5.74, 6) is -0.119. The number of amides is 1. The molecule has 3 aromatic carbocycles. The van der Waals surface area contributed by atoms with E-state index in [-0.39, 0.29) is 23.5 Å². The van der Waals surface area contributed by atoms with Crippen LogP contribution in [0.4, 0.5) is 5.95 Å².